The van der Waals surface area contributed by atoms with Gasteiger partial charge in [0.15, 0.2) is 5.58 Å². The van der Waals surface area contributed by atoms with Gasteiger partial charge in [-0.1, -0.05) is 36.7 Å². The Kier molecular flexibility index (Phi) is 4.28. The summed E-state index contributed by atoms with van der Waals surface area (Å²) in [6.07, 6.45) is 0. The highest BCUT2D eigenvalue weighted by atomic mass is 79.9. The van der Waals surface area contributed by atoms with Gasteiger partial charge < -0.3 is 9.15 Å². The third-order valence-corrected chi connectivity index (χ3v) is 4.34. The van der Waals surface area contributed by atoms with Crippen molar-refractivity contribution in [2.24, 2.45) is 0 Å². The number of benzene rings is 2. The van der Waals surface area contributed by atoms with Gasteiger partial charge in [0.25, 0.3) is 5.69 Å². The van der Waals surface area contributed by atoms with E-state index in [1.165, 1.54) is 12.1 Å². The van der Waals surface area contributed by atoms with E-state index in [1.54, 1.807) is 13.2 Å². The Morgan fingerprint density at radius 1 is 1.24 bits per heavy atom. The molecule has 0 saturated heterocycles. The largest absolute Gasteiger partial charge is 0.496 e. The van der Waals surface area contributed by atoms with E-state index in [0.29, 0.717) is 28.3 Å². The molecule has 0 amide bonds. The van der Waals surface area contributed by atoms with Crippen LogP contribution in [0.4, 0.5) is 5.69 Å². The summed E-state index contributed by atoms with van der Waals surface area (Å²) in [6.45, 7) is 6.28. The summed E-state index contributed by atoms with van der Waals surface area (Å²) in [5.74, 6) is 1.04. The maximum atomic E-state index is 10.9. The molecule has 0 radical (unpaired) electrons. The summed E-state index contributed by atoms with van der Waals surface area (Å²) in [7, 11) is 1.61. The number of nitrogens with zero attached hydrogens (tertiary/aromatic N) is 2. The number of hydrogen-bond acceptors (Lipinski definition) is 5. The van der Waals surface area contributed by atoms with Crippen LogP contribution in [0.2, 0.25) is 0 Å². The molecule has 1 heterocycles. The van der Waals surface area contributed by atoms with E-state index < -0.39 is 4.92 Å². The second-order valence-electron chi connectivity index (χ2n) is 6.71. The van der Waals surface area contributed by atoms with E-state index in [1.807, 2.05) is 12.1 Å². The lowest BCUT2D eigenvalue weighted by Gasteiger charge is -2.23. The number of non-ortho nitro benzene ring substituents is 1. The number of nitro groups is 1. The molecule has 3 rings (SSSR count). The van der Waals surface area contributed by atoms with Crippen LogP contribution in [-0.2, 0) is 5.41 Å². The van der Waals surface area contributed by atoms with Gasteiger partial charge in [0.2, 0.25) is 5.89 Å². The van der Waals surface area contributed by atoms with Crippen LogP contribution < -0.4 is 4.74 Å². The lowest BCUT2D eigenvalue weighted by molar-refractivity contribution is -0.384. The summed E-state index contributed by atoms with van der Waals surface area (Å²) in [5, 5.41) is 10.9. The van der Waals surface area contributed by atoms with Crippen LogP contribution in [0.1, 0.15) is 26.3 Å². The molecule has 6 nitrogen and oxygen atoms in total. The van der Waals surface area contributed by atoms with Gasteiger partial charge in [-0.05, 0) is 23.6 Å². The van der Waals surface area contributed by atoms with Crippen LogP contribution in [0, 0.1) is 10.1 Å². The lowest BCUT2D eigenvalue weighted by Crippen LogP contribution is -2.13. The first-order valence-corrected chi connectivity index (χ1v) is 8.43. The number of fused-ring (bicyclic) bond motifs is 1. The average molecular weight is 405 g/mol. The Balaban J connectivity index is 2.24. The lowest BCUT2D eigenvalue weighted by atomic mass is 9.85. The van der Waals surface area contributed by atoms with Gasteiger partial charge in [-0.3, -0.25) is 10.1 Å². The Morgan fingerprint density at radius 3 is 2.56 bits per heavy atom. The van der Waals surface area contributed by atoms with Crippen molar-refractivity contribution in [1.82, 2.24) is 4.98 Å². The molecule has 2 aromatic carbocycles. The van der Waals surface area contributed by atoms with Gasteiger partial charge in [0.05, 0.1) is 17.6 Å². The van der Waals surface area contributed by atoms with E-state index in [2.05, 4.69) is 41.7 Å². The van der Waals surface area contributed by atoms with Gasteiger partial charge in [-0.25, -0.2) is 4.98 Å². The second kappa shape index (κ2) is 6.15. The molecule has 0 atom stereocenters. The molecule has 0 aliphatic heterocycles. The minimum absolute atomic E-state index is 0.0241. The van der Waals surface area contributed by atoms with Crippen LogP contribution >= 0.6 is 15.9 Å². The topological polar surface area (TPSA) is 78.4 Å². The number of rotatable bonds is 3. The van der Waals surface area contributed by atoms with Crippen molar-refractivity contribution in [1.29, 1.82) is 0 Å². The summed E-state index contributed by atoms with van der Waals surface area (Å²) in [5.41, 5.74) is 2.45. The van der Waals surface area contributed by atoms with Gasteiger partial charge >= 0.3 is 0 Å². The zero-order chi connectivity index (χ0) is 18.4. The normalized spacial score (nSPS) is 11.7. The fourth-order valence-electron chi connectivity index (χ4n) is 2.67. The van der Waals surface area contributed by atoms with Gasteiger partial charge in [0.1, 0.15) is 11.3 Å². The highest BCUT2D eigenvalue weighted by Gasteiger charge is 2.25. The van der Waals surface area contributed by atoms with E-state index in [0.717, 1.165) is 10.0 Å². The third-order valence-electron chi connectivity index (χ3n) is 3.88. The number of aromatic nitrogens is 1. The Labute approximate surface area is 153 Å². The Hall–Kier alpha value is -2.41. The highest BCUT2D eigenvalue weighted by molar-refractivity contribution is 9.10. The van der Waals surface area contributed by atoms with Crippen LogP contribution in [0.3, 0.4) is 0 Å². The number of nitro benzene ring substituents is 1. The molecular formula is C18H17BrN2O4. The van der Waals surface area contributed by atoms with Crippen molar-refractivity contribution >= 4 is 32.7 Å². The molecule has 0 saturated carbocycles. The zero-order valence-electron chi connectivity index (χ0n) is 14.3. The van der Waals surface area contributed by atoms with E-state index in [-0.39, 0.29) is 11.1 Å². The number of hydrogen-bond donors (Lipinski definition) is 0. The predicted octanol–water partition coefficient (Wildman–Crippen LogP) is 5.47. The van der Waals surface area contributed by atoms with Crippen molar-refractivity contribution in [2.45, 2.75) is 26.2 Å². The molecule has 1 aromatic heterocycles. The van der Waals surface area contributed by atoms with E-state index in [4.69, 9.17) is 9.15 Å². The standard InChI is InChI=1S/C18H17BrN2O4/c1-18(2,3)13-8-10(19)7-12(16(13)24-4)17-20-14-9-11(21(22)23)5-6-15(14)25-17/h5-9H,1-4H3. The number of ether oxygens (including phenoxy) is 1. The van der Waals surface area contributed by atoms with Crippen LogP contribution in [0.25, 0.3) is 22.6 Å². The van der Waals surface area contributed by atoms with Crippen molar-refractivity contribution in [3.05, 3.63) is 50.5 Å². The van der Waals surface area contributed by atoms with Crippen molar-refractivity contribution in [3.63, 3.8) is 0 Å². The second-order valence-corrected chi connectivity index (χ2v) is 7.63. The van der Waals surface area contributed by atoms with Gasteiger partial charge in [-0.15, -0.1) is 0 Å². The molecule has 0 spiro atoms. The highest BCUT2D eigenvalue weighted by Crippen LogP contribution is 2.42. The molecule has 0 N–H and O–H groups in total. The minimum atomic E-state index is -0.453. The smallest absolute Gasteiger partial charge is 0.271 e. The molecule has 7 heteroatoms. The quantitative estimate of drug-likeness (QED) is 0.426. The Morgan fingerprint density at radius 2 is 1.96 bits per heavy atom. The van der Waals surface area contributed by atoms with Crippen LogP contribution in [0.15, 0.2) is 39.2 Å². The van der Waals surface area contributed by atoms with Crippen molar-refractivity contribution in [2.75, 3.05) is 7.11 Å². The number of methoxy groups -OCH3 is 1. The van der Waals surface area contributed by atoms with Gasteiger partial charge in [-0.2, -0.15) is 0 Å². The zero-order valence-corrected chi connectivity index (χ0v) is 15.9. The van der Waals surface area contributed by atoms with Crippen LogP contribution in [-0.4, -0.2) is 17.0 Å². The fourth-order valence-corrected chi connectivity index (χ4v) is 3.13. The van der Waals surface area contributed by atoms with E-state index >= 15 is 0 Å². The first-order chi connectivity index (χ1) is 11.7. The first-order valence-electron chi connectivity index (χ1n) is 7.64. The molecular weight excluding hydrogens is 388 g/mol. The van der Waals surface area contributed by atoms with Crippen LogP contribution in [0.5, 0.6) is 5.75 Å². The number of halogens is 1. The average Bonchev–Trinajstić information content (AvgIpc) is 2.96. The maximum Gasteiger partial charge on any atom is 0.271 e. The molecule has 0 bridgehead atoms. The van der Waals surface area contributed by atoms with Crippen molar-refractivity contribution in [3.8, 4) is 17.2 Å². The Bertz CT molecular complexity index is 973. The van der Waals surface area contributed by atoms with Gasteiger partial charge in [0, 0.05) is 22.2 Å². The summed E-state index contributed by atoms with van der Waals surface area (Å²) >= 11 is 3.53. The maximum absolute atomic E-state index is 10.9. The molecule has 25 heavy (non-hydrogen) atoms. The monoisotopic (exact) mass is 404 g/mol. The molecule has 0 unspecified atom stereocenters. The van der Waals surface area contributed by atoms with E-state index in [9.17, 15) is 10.1 Å². The SMILES string of the molecule is COc1c(-c2nc3cc([N+](=O)[O-])ccc3o2)cc(Br)cc1C(C)(C)C. The molecule has 0 aliphatic rings. The summed E-state index contributed by atoms with van der Waals surface area (Å²) < 4.78 is 12.3. The summed E-state index contributed by atoms with van der Waals surface area (Å²) in [4.78, 5) is 14.9. The molecule has 0 aliphatic carbocycles. The third kappa shape index (κ3) is 3.24. The molecule has 3 aromatic rings. The van der Waals surface area contributed by atoms with Crippen molar-refractivity contribution < 1.29 is 14.1 Å². The first kappa shape index (κ1) is 17.4. The number of oxazole rings is 1. The minimum Gasteiger partial charge on any atom is -0.496 e. The summed E-state index contributed by atoms with van der Waals surface area (Å²) in [6, 6.07) is 8.23. The molecule has 0 fully saturated rings. The predicted molar refractivity (Wildman–Crippen MR) is 99.1 cm³/mol. The molecule has 130 valence electrons. The fraction of sp³-hybridized carbons (Fsp3) is 0.278.